The number of rotatable bonds is 8. The van der Waals surface area contributed by atoms with Crippen LogP contribution >= 0.6 is 11.8 Å². The van der Waals surface area contributed by atoms with Crippen molar-refractivity contribution in [1.29, 1.82) is 0 Å². The van der Waals surface area contributed by atoms with E-state index in [9.17, 15) is 4.79 Å². The Kier molecular flexibility index (Phi) is 9.02. The average Bonchev–Trinajstić information content (AvgIpc) is 3.31. The lowest BCUT2D eigenvalue weighted by Gasteiger charge is -2.08. The van der Waals surface area contributed by atoms with E-state index in [-0.39, 0.29) is 0 Å². The molecule has 4 rings (SSSR count). The van der Waals surface area contributed by atoms with Gasteiger partial charge in [0.15, 0.2) is 5.82 Å². The van der Waals surface area contributed by atoms with E-state index in [1.54, 1.807) is 36.4 Å². The largest absolute Gasteiger partial charge is 0.388 e. The lowest BCUT2D eigenvalue weighted by molar-refractivity contribution is 0.112. The van der Waals surface area contributed by atoms with Crippen molar-refractivity contribution in [3.05, 3.63) is 89.5 Å². The molecule has 0 saturated heterocycles. The van der Waals surface area contributed by atoms with Crippen molar-refractivity contribution >= 4 is 35.4 Å². The van der Waals surface area contributed by atoms with Gasteiger partial charge in [-0.05, 0) is 61.4 Å². The van der Waals surface area contributed by atoms with Crippen molar-refractivity contribution in [3.8, 4) is 0 Å². The minimum Gasteiger partial charge on any atom is -0.388 e. The van der Waals surface area contributed by atoms with E-state index < -0.39 is 0 Å². The summed E-state index contributed by atoms with van der Waals surface area (Å²) in [6.45, 7) is 2.14. The van der Waals surface area contributed by atoms with Crippen LogP contribution in [0, 0.1) is 6.92 Å². The fourth-order valence-electron chi connectivity index (χ4n) is 3.13. The molecule has 0 radical (unpaired) electrons. The molecule has 2 aromatic carbocycles. The van der Waals surface area contributed by atoms with Crippen LogP contribution in [0.5, 0.6) is 0 Å². The highest BCUT2D eigenvalue weighted by molar-refractivity contribution is 7.98. The molecular weight excluding hydrogens is 432 g/mol. The molecule has 3 N–H and O–H groups in total. The lowest BCUT2D eigenvalue weighted by atomic mass is 10.0. The van der Waals surface area contributed by atoms with Gasteiger partial charge in [-0.2, -0.15) is 5.10 Å². The maximum absolute atomic E-state index is 10.3. The van der Waals surface area contributed by atoms with Crippen LogP contribution in [-0.4, -0.2) is 39.8 Å². The van der Waals surface area contributed by atoms with Gasteiger partial charge in [-0.3, -0.25) is 14.9 Å². The standard InChI is InChI=1S/C17H20N6.C8H8OS/c1-12-3-5-14(18-2)9-13(12)4-6-15-10-16(23-22-15)21-17-11-19-7-8-20-17;1-10-8-4-2-3-7(5-8)6-9/h3,5,7-11,18H,4,6H2,1-2H3,(H2,20,21,22,23);2-6H,1H3. The summed E-state index contributed by atoms with van der Waals surface area (Å²) in [5.74, 6) is 1.43. The molecule has 4 aromatic rings. The molecule has 0 aliphatic carbocycles. The third-order valence-electron chi connectivity index (χ3n) is 4.98. The first-order valence-corrected chi connectivity index (χ1v) is 11.8. The fraction of sp³-hybridized carbons (Fsp3) is 0.200. The average molecular weight is 461 g/mol. The van der Waals surface area contributed by atoms with Crippen molar-refractivity contribution in [3.63, 3.8) is 0 Å². The van der Waals surface area contributed by atoms with Crippen LogP contribution in [-0.2, 0) is 12.8 Å². The van der Waals surface area contributed by atoms with Gasteiger partial charge in [0.2, 0.25) is 0 Å². The molecule has 0 unspecified atom stereocenters. The van der Waals surface area contributed by atoms with Crippen molar-refractivity contribution in [2.24, 2.45) is 0 Å². The van der Waals surface area contributed by atoms with Gasteiger partial charge in [0.25, 0.3) is 0 Å². The Morgan fingerprint density at radius 1 is 1.06 bits per heavy atom. The molecule has 0 spiro atoms. The monoisotopic (exact) mass is 460 g/mol. The molecule has 8 heteroatoms. The van der Waals surface area contributed by atoms with Gasteiger partial charge >= 0.3 is 0 Å². The van der Waals surface area contributed by atoms with Crippen LogP contribution in [0.4, 0.5) is 17.3 Å². The number of aryl methyl sites for hydroxylation is 3. The van der Waals surface area contributed by atoms with E-state index in [1.165, 1.54) is 11.1 Å². The summed E-state index contributed by atoms with van der Waals surface area (Å²) in [4.78, 5) is 19.6. The number of aromatic nitrogens is 4. The minimum absolute atomic E-state index is 0.683. The molecule has 0 aliphatic rings. The summed E-state index contributed by atoms with van der Waals surface area (Å²) in [5.41, 5.74) is 5.62. The number of benzene rings is 2. The number of hydrogen-bond donors (Lipinski definition) is 3. The highest BCUT2D eigenvalue weighted by Crippen LogP contribution is 2.18. The second kappa shape index (κ2) is 12.4. The number of nitrogens with zero attached hydrogens (tertiary/aromatic N) is 3. The summed E-state index contributed by atoms with van der Waals surface area (Å²) >= 11 is 1.64. The Hall–Kier alpha value is -3.65. The fourth-order valence-corrected chi connectivity index (χ4v) is 3.60. The first-order valence-electron chi connectivity index (χ1n) is 10.5. The van der Waals surface area contributed by atoms with E-state index in [0.717, 1.165) is 46.8 Å². The van der Waals surface area contributed by atoms with Crippen molar-refractivity contribution in [1.82, 2.24) is 20.2 Å². The van der Waals surface area contributed by atoms with Crippen molar-refractivity contribution in [2.45, 2.75) is 24.7 Å². The number of aldehydes is 1. The van der Waals surface area contributed by atoms with E-state index in [2.05, 4.69) is 55.9 Å². The molecule has 0 saturated carbocycles. The van der Waals surface area contributed by atoms with Crippen LogP contribution in [0.15, 0.2) is 72.0 Å². The summed E-state index contributed by atoms with van der Waals surface area (Å²) in [6.07, 6.45) is 9.68. The highest BCUT2D eigenvalue weighted by Gasteiger charge is 2.05. The zero-order valence-electron chi connectivity index (χ0n) is 19.0. The van der Waals surface area contributed by atoms with Crippen molar-refractivity contribution < 1.29 is 4.79 Å². The van der Waals surface area contributed by atoms with Gasteiger partial charge in [-0.1, -0.05) is 18.2 Å². The number of hydrogen-bond acceptors (Lipinski definition) is 7. The molecule has 0 fully saturated rings. The molecule has 170 valence electrons. The minimum atomic E-state index is 0.683. The zero-order valence-corrected chi connectivity index (χ0v) is 19.8. The molecule has 0 amide bonds. The molecule has 0 bridgehead atoms. The third-order valence-corrected chi connectivity index (χ3v) is 5.71. The van der Waals surface area contributed by atoms with Gasteiger partial charge in [0, 0.05) is 47.3 Å². The molecular formula is C25H28N6OS. The number of thioether (sulfide) groups is 1. The molecule has 0 aliphatic heterocycles. The Labute approximate surface area is 198 Å². The Balaban J connectivity index is 0.000000257. The summed E-state index contributed by atoms with van der Waals surface area (Å²) in [7, 11) is 1.94. The Morgan fingerprint density at radius 2 is 1.94 bits per heavy atom. The molecule has 0 atom stereocenters. The number of H-pyrrole nitrogens is 1. The Bertz CT molecular complexity index is 1160. The number of carbonyl (C=O) groups is 1. The van der Waals surface area contributed by atoms with Crippen LogP contribution in [0.2, 0.25) is 0 Å². The van der Waals surface area contributed by atoms with E-state index >= 15 is 0 Å². The van der Waals surface area contributed by atoms with Crippen LogP contribution in [0.25, 0.3) is 0 Å². The first-order chi connectivity index (χ1) is 16.1. The second-order valence-electron chi connectivity index (χ2n) is 7.28. The topological polar surface area (TPSA) is 95.6 Å². The normalized spacial score (nSPS) is 10.2. The van der Waals surface area contributed by atoms with Gasteiger partial charge < -0.3 is 10.6 Å². The number of anilines is 3. The first kappa shape index (κ1) is 24.0. The molecule has 2 aromatic heterocycles. The number of nitrogens with one attached hydrogen (secondary N) is 3. The van der Waals surface area contributed by atoms with E-state index in [1.807, 2.05) is 37.6 Å². The maximum Gasteiger partial charge on any atom is 0.153 e. The predicted octanol–water partition coefficient (Wildman–Crippen LogP) is 5.30. The highest BCUT2D eigenvalue weighted by atomic mass is 32.2. The van der Waals surface area contributed by atoms with Gasteiger partial charge in [0.1, 0.15) is 12.1 Å². The molecule has 33 heavy (non-hydrogen) atoms. The van der Waals surface area contributed by atoms with Gasteiger partial charge in [-0.25, -0.2) is 4.98 Å². The smallest absolute Gasteiger partial charge is 0.153 e. The lowest BCUT2D eigenvalue weighted by Crippen LogP contribution is -1.97. The SMILES string of the molecule is CNc1ccc(C)c(CCc2cc(Nc3cnccn3)n[nH]2)c1.CSc1cccc(C=O)c1. The molecule has 2 heterocycles. The number of aromatic amines is 1. The number of carbonyl (C=O) groups excluding carboxylic acids is 1. The van der Waals surface area contributed by atoms with Crippen molar-refractivity contribution in [2.75, 3.05) is 23.9 Å². The summed E-state index contributed by atoms with van der Waals surface area (Å²) in [5, 5.41) is 13.6. The van der Waals surface area contributed by atoms with Crippen LogP contribution in [0.3, 0.4) is 0 Å². The van der Waals surface area contributed by atoms with E-state index in [4.69, 9.17) is 0 Å². The van der Waals surface area contributed by atoms with E-state index in [0.29, 0.717) is 5.82 Å². The summed E-state index contributed by atoms with van der Waals surface area (Å²) in [6, 6.07) is 16.0. The summed E-state index contributed by atoms with van der Waals surface area (Å²) < 4.78 is 0. The zero-order chi connectivity index (χ0) is 23.5. The Morgan fingerprint density at radius 3 is 2.67 bits per heavy atom. The second-order valence-corrected chi connectivity index (χ2v) is 8.16. The predicted molar refractivity (Wildman–Crippen MR) is 136 cm³/mol. The van der Waals surface area contributed by atoms with Crippen LogP contribution in [0.1, 0.15) is 27.2 Å². The maximum atomic E-state index is 10.3. The van der Waals surface area contributed by atoms with Crippen LogP contribution < -0.4 is 10.6 Å². The van der Waals surface area contributed by atoms with Gasteiger partial charge in [-0.15, -0.1) is 11.8 Å². The molecule has 7 nitrogen and oxygen atoms in total. The quantitative estimate of drug-likeness (QED) is 0.243. The third kappa shape index (κ3) is 7.47. The van der Waals surface area contributed by atoms with Gasteiger partial charge in [0.05, 0.1) is 6.20 Å².